The summed E-state index contributed by atoms with van der Waals surface area (Å²) in [6.45, 7) is 3.51. The number of morpholine rings is 1. The number of nitrogens with one attached hydrogen (secondary N) is 1. The van der Waals surface area contributed by atoms with Crippen molar-refractivity contribution in [2.45, 2.75) is 25.7 Å². The number of hydrogen-bond donors (Lipinski definition) is 1. The maximum atomic E-state index is 12.5. The van der Waals surface area contributed by atoms with E-state index in [1.165, 1.54) is 0 Å². The number of amides is 2. The molecule has 1 fully saturated rings. The van der Waals surface area contributed by atoms with Gasteiger partial charge in [0.15, 0.2) is 0 Å². The van der Waals surface area contributed by atoms with Crippen LogP contribution in [0.25, 0.3) is 0 Å². The molecule has 2 amide bonds. The summed E-state index contributed by atoms with van der Waals surface area (Å²) in [5.41, 5.74) is 2.63. The summed E-state index contributed by atoms with van der Waals surface area (Å²) in [4.78, 5) is 14.3. The Morgan fingerprint density at radius 1 is 1.46 bits per heavy atom. The molecule has 1 aliphatic rings. The highest BCUT2D eigenvalue weighted by atomic mass is 32.1. The number of urea groups is 1. The summed E-state index contributed by atoms with van der Waals surface area (Å²) in [5, 5.41) is 15.9. The van der Waals surface area contributed by atoms with E-state index >= 15 is 0 Å². The van der Waals surface area contributed by atoms with Gasteiger partial charge in [-0.1, -0.05) is 12.1 Å². The van der Waals surface area contributed by atoms with Crippen LogP contribution in [0.15, 0.2) is 41.1 Å². The molecule has 6 heteroatoms. The molecule has 1 aromatic carbocycles. The molecule has 2 aromatic rings. The first-order chi connectivity index (χ1) is 11.7. The number of ether oxygens (including phenoxy) is 1. The largest absolute Gasteiger partial charge is 0.367 e. The maximum absolute atomic E-state index is 12.5. The number of nitriles is 1. The molecular formula is C18H19N3O2S. The van der Waals surface area contributed by atoms with Gasteiger partial charge >= 0.3 is 6.03 Å². The molecule has 24 heavy (non-hydrogen) atoms. The molecule has 0 radical (unpaired) electrons. The first-order valence-corrected chi connectivity index (χ1v) is 8.79. The van der Waals surface area contributed by atoms with E-state index in [4.69, 9.17) is 10.00 Å². The van der Waals surface area contributed by atoms with Gasteiger partial charge in [-0.3, -0.25) is 0 Å². The van der Waals surface area contributed by atoms with E-state index in [1.54, 1.807) is 28.4 Å². The predicted molar refractivity (Wildman–Crippen MR) is 92.6 cm³/mol. The van der Waals surface area contributed by atoms with Gasteiger partial charge in [0.05, 0.1) is 24.3 Å². The minimum absolute atomic E-state index is 0.00341. The van der Waals surface area contributed by atoms with Crippen LogP contribution in [0.4, 0.5) is 4.79 Å². The van der Waals surface area contributed by atoms with Gasteiger partial charge in [0.25, 0.3) is 0 Å². The summed E-state index contributed by atoms with van der Waals surface area (Å²) >= 11 is 1.63. The third kappa shape index (κ3) is 3.94. The standard InChI is InChI=1S/C18H19N3O2S/c1-13-10-21(11-17(23-13)16-5-6-24-12-16)18(22)20-9-15-4-2-3-14(7-15)8-19/h2-7,12-13,17H,9-11H2,1H3,(H,20,22)/t13-,17-/m1/s1. The predicted octanol–water partition coefficient (Wildman–Crippen LogP) is 3.29. The van der Waals surface area contributed by atoms with Crippen LogP contribution in [0.2, 0.25) is 0 Å². The van der Waals surface area contributed by atoms with Crippen LogP contribution in [0.1, 0.15) is 29.7 Å². The molecule has 124 valence electrons. The summed E-state index contributed by atoms with van der Waals surface area (Å²) in [6.07, 6.45) is -0.0796. The highest BCUT2D eigenvalue weighted by molar-refractivity contribution is 7.07. The van der Waals surface area contributed by atoms with Crippen LogP contribution in [-0.2, 0) is 11.3 Å². The zero-order valence-electron chi connectivity index (χ0n) is 13.4. The van der Waals surface area contributed by atoms with Crippen molar-refractivity contribution < 1.29 is 9.53 Å². The fourth-order valence-electron chi connectivity index (χ4n) is 2.80. The highest BCUT2D eigenvalue weighted by Crippen LogP contribution is 2.26. The Morgan fingerprint density at radius 2 is 2.33 bits per heavy atom. The number of thiophene rings is 1. The second-order valence-corrected chi connectivity index (χ2v) is 6.65. The summed E-state index contributed by atoms with van der Waals surface area (Å²) in [5.74, 6) is 0. The van der Waals surface area contributed by atoms with E-state index in [0.717, 1.165) is 11.1 Å². The summed E-state index contributed by atoms with van der Waals surface area (Å²) in [6, 6.07) is 11.3. The lowest BCUT2D eigenvalue weighted by Crippen LogP contribution is -2.49. The van der Waals surface area contributed by atoms with Crippen molar-refractivity contribution in [3.63, 3.8) is 0 Å². The van der Waals surface area contributed by atoms with Crippen molar-refractivity contribution >= 4 is 17.4 Å². The molecule has 0 aliphatic carbocycles. The van der Waals surface area contributed by atoms with Crippen LogP contribution >= 0.6 is 11.3 Å². The molecule has 2 atom stereocenters. The maximum Gasteiger partial charge on any atom is 0.317 e. The Morgan fingerprint density at radius 3 is 3.08 bits per heavy atom. The van der Waals surface area contributed by atoms with Gasteiger partial charge in [0, 0.05) is 13.1 Å². The van der Waals surface area contributed by atoms with Gasteiger partial charge in [0.1, 0.15) is 6.10 Å². The first kappa shape index (κ1) is 16.5. The number of benzene rings is 1. The molecule has 0 bridgehead atoms. The van der Waals surface area contributed by atoms with Gasteiger partial charge in [-0.05, 0) is 47.0 Å². The topological polar surface area (TPSA) is 65.4 Å². The number of nitrogens with zero attached hydrogens (tertiary/aromatic N) is 2. The lowest BCUT2D eigenvalue weighted by molar-refractivity contribution is -0.0655. The molecule has 0 unspecified atom stereocenters. The lowest BCUT2D eigenvalue weighted by Gasteiger charge is -2.36. The highest BCUT2D eigenvalue weighted by Gasteiger charge is 2.29. The average Bonchev–Trinajstić information content (AvgIpc) is 3.14. The lowest BCUT2D eigenvalue weighted by atomic mass is 10.1. The molecule has 1 N–H and O–H groups in total. The van der Waals surface area contributed by atoms with Crippen molar-refractivity contribution in [1.82, 2.24) is 10.2 Å². The van der Waals surface area contributed by atoms with Crippen LogP contribution < -0.4 is 5.32 Å². The average molecular weight is 341 g/mol. The van der Waals surface area contributed by atoms with E-state index in [0.29, 0.717) is 25.2 Å². The molecule has 1 aromatic heterocycles. The van der Waals surface area contributed by atoms with Crippen LogP contribution in [0.5, 0.6) is 0 Å². The van der Waals surface area contributed by atoms with Crippen molar-refractivity contribution in [3.05, 3.63) is 57.8 Å². The smallest absolute Gasteiger partial charge is 0.317 e. The second kappa shape index (κ2) is 7.47. The summed E-state index contributed by atoms with van der Waals surface area (Å²) < 4.78 is 5.95. The van der Waals surface area contributed by atoms with Crippen molar-refractivity contribution in [2.24, 2.45) is 0 Å². The molecule has 5 nitrogen and oxygen atoms in total. The van der Waals surface area contributed by atoms with Crippen molar-refractivity contribution in [2.75, 3.05) is 13.1 Å². The van der Waals surface area contributed by atoms with E-state index in [2.05, 4.69) is 16.8 Å². The Kier molecular flexibility index (Phi) is 5.14. The monoisotopic (exact) mass is 341 g/mol. The molecule has 1 aliphatic heterocycles. The Balaban J connectivity index is 1.60. The number of carbonyl (C=O) groups is 1. The van der Waals surface area contributed by atoms with E-state index in [1.807, 2.05) is 30.5 Å². The van der Waals surface area contributed by atoms with Gasteiger partial charge in [-0.15, -0.1) is 0 Å². The zero-order chi connectivity index (χ0) is 16.9. The summed E-state index contributed by atoms with van der Waals surface area (Å²) in [7, 11) is 0. The third-order valence-corrected chi connectivity index (χ3v) is 4.66. The normalized spacial score (nSPS) is 20.4. The minimum Gasteiger partial charge on any atom is -0.367 e. The van der Waals surface area contributed by atoms with Crippen LogP contribution in [-0.4, -0.2) is 30.1 Å². The Bertz CT molecular complexity index is 739. The molecule has 3 rings (SSSR count). The molecule has 0 spiro atoms. The third-order valence-electron chi connectivity index (χ3n) is 3.96. The molecule has 0 saturated carbocycles. The van der Waals surface area contributed by atoms with Crippen LogP contribution in [0, 0.1) is 11.3 Å². The first-order valence-electron chi connectivity index (χ1n) is 7.85. The fraction of sp³-hybridized carbons (Fsp3) is 0.333. The molecule has 2 heterocycles. The van der Waals surface area contributed by atoms with Crippen molar-refractivity contribution in [3.8, 4) is 6.07 Å². The molecule has 1 saturated heterocycles. The van der Waals surface area contributed by atoms with Crippen molar-refractivity contribution in [1.29, 1.82) is 5.26 Å². The minimum atomic E-state index is -0.104. The fourth-order valence-corrected chi connectivity index (χ4v) is 3.50. The Labute approximate surface area is 145 Å². The SMILES string of the molecule is C[C@@H]1CN(C(=O)NCc2cccc(C#N)c2)C[C@H](c2ccsc2)O1. The quantitative estimate of drug-likeness (QED) is 0.931. The number of hydrogen-bond acceptors (Lipinski definition) is 4. The second-order valence-electron chi connectivity index (χ2n) is 5.87. The van der Waals surface area contributed by atoms with Gasteiger partial charge in [0.2, 0.25) is 0 Å². The molecular weight excluding hydrogens is 322 g/mol. The van der Waals surface area contributed by atoms with Crippen LogP contribution in [0.3, 0.4) is 0 Å². The van der Waals surface area contributed by atoms with E-state index in [-0.39, 0.29) is 18.2 Å². The number of carbonyl (C=O) groups excluding carboxylic acids is 1. The Hall–Kier alpha value is -2.36. The van der Waals surface area contributed by atoms with E-state index in [9.17, 15) is 4.79 Å². The van der Waals surface area contributed by atoms with E-state index < -0.39 is 0 Å². The van der Waals surface area contributed by atoms with Gasteiger partial charge < -0.3 is 15.0 Å². The van der Waals surface area contributed by atoms with Gasteiger partial charge in [-0.25, -0.2) is 4.79 Å². The zero-order valence-corrected chi connectivity index (χ0v) is 14.3. The number of rotatable bonds is 3. The van der Waals surface area contributed by atoms with Gasteiger partial charge in [-0.2, -0.15) is 16.6 Å².